The van der Waals surface area contributed by atoms with Gasteiger partial charge in [-0.3, -0.25) is 18.6 Å². The van der Waals surface area contributed by atoms with Crippen LogP contribution in [0.1, 0.15) is 354 Å². The quantitative estimate of drug-likeness (QED) is 0.0264. The van der Waals surface area contributed by atoms with Gasteiger partial charge >= 0.3 is 19.8 Å². The van der Waals surface area contributed by atoms with Crippen LogP contribution in [-0.4, -0.2) is 49.3 Å². The molecule has 3 N–H and O–H groups in total. The first-order valence-corrected chi connectivity index (χ1v) is 41.3. The predicted octanol–water partition coefficient (Wildman–Crippen LogP) is 26.9. The van der Waals surface area contributed by atoms with E-state index in [4.69, 9.17) is 24.3 Å². The summed E-state index contributed by atoms with van der Waals surface area (Å²) in [6, 6.07) is 0. The summed E-state index contributed by atoms with van der Waals surface area (Å²) in [5.41, 5.74) is 5.41. The lowest BCUT2D eigenvalue weighted by molar-refractivity contribution is -0.161. The Bertz CT molecular complexity index is 2090. The summed E-state index contributed by atoms with van der Waals surface area (Å²) in [5, 5.41) is 0. The number of unbranched alkanes of at least 4 members (excludes halogenated alkanes) is 37. The van der Waals surface area contributed by atoms with Gasteiger partial charge in [-0.25, -0.2) is 4.57 Å². The van der Waals surface area contributed by atoms with Crippen molar-refractivity contribution >= 4 is 19.8 Å². The number of rotatable bonds is 74. The minimum Gasteiger partial charge on any atom is -0.462 e. The zero-order chi connectivity index (χ0) is 69.3. The second-order valence-electron chi connectivity index (χ2n) is 26.2. The minimum atomic E-state index is -4.42. The fourth-order valence-electron chi connectivity index (χ4n) is 11.2. The average Bonchev–Trinajstić information content (AvgIpc) is 3.21. The number of esters is 2. The second kappa shape index (κ2) is 79.9. The molecule has 9 nitrogen and oxygen atoms in total. The number of hydrogen-bond acceptors (Lipinski definition) is 8. The van der Waals surface area contributed by atoms with E-state index in [1.807, 2.05) is 0 Å². The van der Waals surface area contributed by atoms with E-state index in [0.29, 0.717) is 6.42 Å². The number of ether oxygens (including phenoxy) is 2. The van der Waals surface area contributed by atoms with Crippen LogP contribution in [0.4, 0.5) is 0 Å². The molecule has 0 saturated heterocycles. The van der Waals surface area contributed by atoms with E-state index in [1.165, 1.54) is 212 Å². The van der Waals surface area contributed by atoms with Gasteiger partial charge in [-0.15, -0.1) is 0 Å². The van der Waals surface area contributed by atoms with Crippen molar-refractivity contribution in [2.24, 2.45) is 5.73 Å². The van der Waals surface area contributed by atoms with Gasteiger partial charge in [-0.1, -0.05) is 384 Å². The third-order valence-corrected chi connectivity index (χ3v) is 18.0. The van der Waals surface area contributed by atoms with Gasteiger partial charge in [0.05, 0.1) is 13.2 Å². The first-order chi connectivity index (χ1) is 47.3. The number of hydrogen-bond donors (Lipinski definition) is 2. The van der Waals surface area contributed by atoms with Crippen LogP contribution in [0.3, 0.4) is 0 Å². The van der Waals surface area contributed by atoms with Gasteiger partial charge in [0.1, 0.15) is 6.61 Å². The zero-order valence-corrected chi connectivity index (χ0v) is 63.0. The summed E-state index contributed by atoms with van der Waals surface area (Å²) >= 11 is 0. The molecule has 0 aliphatic rings. The summed E-state index contributed by atoms with van der Waals surface area (Å²) in [5.74, 6) is -0.875. The third-order valence-electron chi connectivity index (χ3n) is 17.0. The van der Waals surface area contributed by atoms with Crippen LogP contribution in [0, 0.1) is 0 Å². The Morgan fingerprint density at radius 2 is 0.573 bits per heavy atom. The zero-order valence-electron chi connectivity index (χ0n) is 62.1. The number of allylic oxidation sites excluding steroid dienone is 24. The molecule has 0 bridgehead atoms. The maximum absolute atomic E-state index is 12.8. The van der Waals surface area contributed by atoms with Crippen molar-refractivity contribution in [1.82, 2.24) is 0 Å². The lowest BCUT2D eigenvalue weighted by Crippen LogP contribution is -2.29. The summed E-state index contributed by atoms with van der Waals surface area (Å²) in [6.45, 7) is 3.61. The van der Waals surface area contributed by atoms with E-state index in [-0.39, 0.29) is 32.6 Å². The number of phosphoric acid groups is 1. The molecule has 550 valence electrons. The molecule has 0 aromatic carbocycles. The van der Waals surface area contributed by atoms with Crippen molar-refractivity contribution in [3.05, 3.63) is 146 Å². The highest BCUT2D eigenvalue weighted by molar-refractivity contribution is 7.47. The van der Waals surface area contributed by atoms with Crippen LogP contribution in [-0.2, 0) is 32.7 Å². The van der Waals surface area contributed by atoms with Crippen LogP contribution in [0.25, 0.3) is 0 Å². The van der Waals surface area contributed by atoms with E-state index in [1.54, 1.807) is 0 Å². The van der Waals surface area contributed by atoms with Gasteiger partial charge in [0.25, 0.3) is 0 Å². The Balaban J connectivity index is 3.93. The van der Waals surface area contributed by atoms with Gasteiger partial charge in [0.15, 0.2) is 6.10 Å². The first kappa shape index (κ1) is 91.9. The van der Waals surface area contributed by atoms with Gasteiger partial charge in [-0.2, -0.15) is 0 Å². The molecule has 0 radical (unpaired) electrons. The molecule has 10 heteroatoms. The van der Waals surface area contributed by atoms with Crippen molar-refractivity contribution in [1.29, 1.82) is 0 Å². The normalized spacial score (nSPS) is 13.7. The number of phosphoric ester groups is 1. The fourth-order valence-corrected chi connectivity index (χ4v) is 11.9. The Kier molecular flexibility index (Phi) is 76.5. The second-order valence-corrected chi connectivity index (χ2v) is 27.7. The fraction of sp³-hybridized carbons (Fsp3) is 0.698. The van der Waals surface area contributed by atoms with Crippen molar-refractivity contribution in [3.8, 4) is 0 Å². The number of carbonyl (C=O) groups is 2. The molecule has 0 spiro atoms. The summed E-state index contributed by atoms with van der Waals surface area (Å²) in [6.07, 6.45) is 116. The van der Waals surface area contributed by atoms with Crippen molar-refractivity contribution in [2.45, 2.75) is 360 Å². The molecule has 2 unspecified atom stereocenters. The molecule has 0 aliphatic heterocycles. The average molecular weight is 1360 g/mol. The van der Waals surface area contributed by atoms with Crippen molar-refractivity contribution in [2.75, 3.05) is 26.4 Å². The molecule has 2 atom stereocenters. The standard InChI is InChI=1S/C86H148NO8P/c1-3-5-7-9-11-13-15-17-19-21-23-25-27-29-31-33-35-37-39-41-42-43-45-47-49-51-53-55-57-59-61-63-65-67-69-71-73-75-77-79-86(89)95-84(83-94-96(90,91)93-81-80-87)82-92-85(88)78-76-74-72-70-68-66-64-62-60-58-56-54-52-50-48-46-44-40-38-36-34-32-30-28-26-24-22-20-18-16-14-12-10-8-6-4-2/h5,7,11,13,17,19,23,25,29,31,35,37,41-42,45,47,51,53,57,59,63,65,69,71,84H,3-4,6,8-10,12,14-16,18,20-22,24,26-28,30,32-34,36,38-40,43-44,46,48-50,52,54-56,58,60-62,64,66-68,70,72-83,87H2,1-2H3,(H,90,91)/b7-5-,13-11-,19-17-,25-23-,31-29-,37-35-,42-41-,47-45-,53-51-,59-57-,65-63-,71-69-. The Morgan fingerprint density at radius 1 is 0.323 bits per heavy atom. The monoisotopic (exact) mass is 1350 g/mol. The maximum Gasteiger partial charge on any atom is 0.472 e. The summed E-state index contributed by atoms with van der Waals surface area (Å²) in [7, 11) is -4.42. The van der Waals surface area contributed by atoms with E-state index in [9.17, 15) is 19.0 Å². The highest BCUT2D eigenvalue weighted by atomic mass is 31.2. The van der Waals surface area contributed by atoms with E-state index >= 15 is 0 Å². The lowest BCUT2D eigenvalue weighted by Gasteiger charge is -2.19. The summed E-state index contributed by atoms with van der Waals surface area (Å²) < 4.78 is 33.2. The number of carbonyl (C=O) groups excluding carboxylic acids is 2. The molecule has 0 rings (SSSR count). The number of nitrogens with two attached hydrogens (primary N) is 1. The molecule has 96 heavy (non-hydrogen) atoms. The molecular formula is C86H148NO8P. The van der Waals surface area contributed by atoms with E-state index in [0.717, 1.165) is 109 Å². The highest BCUT2D eigenvalue weighted by Gasteiger charge is 2.26. The SMILES string of the molecule is CC/C=C\C/C=C\C/C=C\C/C=C\C/C=C\C/C=C\C/C=C\C/C=C\C/C=C\C/C=C\C/C=C\C/C=C\CCCCC(=O)OC(COC(=O)CCCCCCCCCCCCCCCCCCCCCCCCCCCCCCCCCCCCCC)COP(=O)(O)OCCN. The molecule has 0 amide bonds. The molecule has 0 aliphatic carbocycles. The van der Waals surface area contributed by atoms with Crippen molar-refractivity contribution in [3.63, 3.8) is 0 Å². The molecular weight excluding hydrogens is 1210 g/mol. The molecule has 0 aromatic heterocycles. The largest absolute Gasteiger partial charge is 0.472 e. The summed E-state index contributed by atoms with van der Waals surface area (Å²) in [4.78, 5) is 35.4. The lowest BCUT2D eigenvalue weighted by atomic mass is 10.0. The van der Waals surface area contributed by atoms with Gasteiger partial charge in [-0.05, 0) is 103 Å². The molecule has 0 fully saturated rings. The first-order valence-electron chi connectivity index (χ1n) is 39.8. The van der Waals surface area contributed by atoms with Crippen molar-refractivity contribution < 1.29 is 37.6 Å². The van der Waals surface area contributed by atoms with Gasteiger partial charge in [0, 0.05) is 19.4 Å². The van der Waals surface area contributed by atoms with Crippen LogP contribution >= 0.6 is 7.82 Å². The van der Waals surface area contributed by atoms with E-state index in [2.05, 4.69) is 160 Å². The minimum absolute atomic E-state index is 0.0403. The molecule has 0 heterocycles. The molecule has 0 aromatic rings. The van der Waals surface area contributed by atoms with Crippen LogP contribution in [0.2, 0.25) is 0 Å². The molecule has 0 saturated carbocycles. The van der Waals surface area contributed by atoms with Crippen LogP contribution in [0.15, 0.2) is 146 Å². The van der Waals surface area contributed by atoms with E-state index < -0.39 is 32.5 Å². The Labute approximate surface area is 592 Å². The highest BCUT2D eigenvalue weighted by Crippen LogP contribution is 2.43. The maximum atomic E-state index is 12.8. The predicted molar refractivity (Wildman–Crippen MR) is 417 cm³/mol. The van der Waals surface area contributed by atoms with Gasteiger partial charge in [0.2, 0.25) is 0 Å². The van der Waals surface area contributed by atoms with Gasteiger partial charge < -0.3 is 20.1 Å². The third kappa shape index (κ3) is 78.9. The van der Waals surface area contributed by atoms with Crippen LogP contribution in [0.5, 0.6) is 0 Å². The topological polar surface area (TPSA) is 134 Å². The smallest absolute Gasteiger partial charge is 0.462 e. The Hall–Kier alpha value is -4.11. The van der Waals surface area contributed by atoms with Crippen LogP contribution < -0.4 is 5.73 Å². The Morgan fingerprint density at radius 3 is 0.854 bits per heavy atom.